The quantitative estimate of drug-likeness (QED) is 0.133. The first-order valence-corrected chi connectivity index (χ1v) is 12.6. The summed E-state index contributed by atoms with van der Waals surface area (Å²) in [6.07, 6.45) is 14.2. The number of carbonyl (C=O) groups excluding carboxylic acids is 1. The van der Waals surface area contributed by atoms with Crippen molar-refractivity contribution in [3.63, 3.8) is 0 Å². The van der Waals surface area contributed by atoms with Gasteiger partial charge in [-0.1, -0.05) is 70.4 Å². The van der Waals surface area contributed by atoms with E-state index in [2.05, 4.69) is 19.1 Å². The highest BCUT2D eigenvalue weighted by Gasteiger charge is 2.31. The number of hydrogen-bond donors (Lipinski definition) is 5. The Bertz CT molecular complexity index is 473. The third-order valence-corrected chi connectivity index (χ3v) is 5.86. The molecule has 0 aromatic carbocycles. The molecular weight excluding hydrogens is 410 g/mol. The van der Waals surface area contributed by atoms with Crippen LogP contribution in [0.4, 0.5) is 0 Å². The smallest absolute Gasteiger partial charge is 0.222 e. The van der Waals surface area contributed by atoms with Gasteiger partial charge in [0, 0.05) is 20.0 Å². The third-order valence-electron chi connectivity index (χ3n) is 5.86. The molecule has 4 atom stereocenters. The standard InChI is InChI=1S/C25H49NO6/c1-3-4-5-6-7-8-9-10-11-12-13-14-15-16-17-18-23(30)26(2)19-21(28)24(31)25(32)22(29)20-27/h10-11,21-22,24-25,27-29,31-32H,3-9,12-20H2,1-2H3/b11-10+. The molecule has 0 bridgehead atoms. The average molecular weight is 460 g/mol. The Morgan fingerprint density at radius 1 is 0.750 bits per heavy atom. The highest BCUT2D eigenvalue weighted by molar-refractivity contribution is 5.75. The van der Waals surface area contributed by atoms with E-state index in [0.29, 0.717) is 6.42 Å². The minimum atomic E-state index is -1.68. The monoisotopic (exact) mass is 459 g/mol. The molecule has 0 aliphatic rings. The fourth-order valence-electron chi connectivity index (χ4n) is 3.59. The summed E-state index contributed by atoms with van der Waals surface area (Å²) < 4.78 is 0. The van der Waals surface area contributed by atoms with Crippen molar-refractivity contribution >= 4 is 5.91 Å². The Balaban J connectivity index is 3.71. The number of amides is 1. The first-order valence-electron chi connectivity index (χ1n) is 12.6. The van der Waals surface area contributed by atoms with Crippen molar-refractivity contribution in [3.8, 4) is 0 Å². The number of allylic oxidation sites excluding steroid dienone is 2. The number of rotatable bonds is 21. The third kappa shape index (κ3) is 15.8. The molecule has 5 N–H and O–H groups in total. The molecule has 0 heterocycles. The van der Waals surface area contributed by atoms with Crippen molar-refractivity contribution in [3.05, 3.63) is 12.2 Å². The summed E-state index contributed by atoms with van der Waals surface area (Å²) in [4.78, 5) is 13.5. The Hall–Kier alpha value is -0.990. The van der Waals surface area contributed by atoms with E-state index in [1.54, 1.807) is 0 Å². The van der Waals surface area contributed by atoms with Gasteiger partial charge >= 0.3 is 0 Å². The van der Waals surface area contributed by atoms with Crippen molar-refractivity contribution in [1.29, 1.82) is 0 Å². The summed E-state index contributed by atoms with van der Waals surface area (Å²) >= 11 is 0. The van der Waals surface area contributed by atoms with E-state index >= 15 is 0 Å². The minimum absolute atomic E-state index is 0.133. The molecule has 0 saturated heterocycles. The molecule has 0 fully saturated rings. The van der Waals surface area contributed by atoms with Gasteiger partial charge in [-0.2, -0.15) is 0 Å². The molecule has 0 radical (unpaired) electrons. The number of likely N-dealkylation sites (N-methyl/N-ethyl adjacent to an activating group) is 1. The Labute approximate surface area is 195 Å². The molecule has 4 unspecified atom stereocenters. The lowest BCUT2D eigenvalue weighted by molar-refractivity contribution is -0.138. The van der Waals surface area contributed by atoms with Crippen molar-refractivity contribution < 1.29 is 30.3 Å². The van der Waals surface area contributed by atoms with Crippen LogP contribution in [0.2, 0.25) is 0 Å². The molecule has 0 rings (SSSR count). The van der Waals surface area contributed by atoms with Crippen LogP contribution in [0.15, 0.2) is 12.2 Å². The van der Waals surface area contributed by atoms with E-state index in [1.165, 1.54) is 63.3 Å². The molecular formula is C25H49NO6. The molecule has 0 spiro atoms. The number of carbonyl (C=O) groups is 1. The number of nitrogens with zero attached hydrogens (tertiary/aromatic N) is 1. The van der Waals surface area contributed by atoms with E-state index in [0.717, 1.165) is 32.1 Å². The molecule has 0 aliphatic heterocycles. The Morgan fingerprint density at radius 2 is 1.22 bits per heavy atom. The average Bonchev–Trinajstić information content (AvgIpc) is 2.79. The molecule has 1 amide bonds. The zero-order valence-corrected chi connectivity index (χ0v) is 20.4. The fourth-order valence-corrected chi connectivity index (χ4v) is 3.59. The van der Waals surface area contributed by atoms with Gasteiger partial charge in [-0.15, -0.1) is 0 Å². The van der Waals surface area contributed by atoms with Crippen molar-refractivity contribution in [1.82, 2.24) is 4.90 Å². The Kier molecular flexibility index (Phi) is 20.0. The summed E-state index contributed by atoms with van der Waals surface area (Å²) in [5.41, 5.74) is 0. The predicted octanol–water partition coefficient (Wildman–Crippen LogP) is 2.92. The minimum Gasteiger partial charge on any atom is -0.394 e. The van der Waals surface area contributed by atoms with Gasteiger partial charge in [0.05, 0.1) is 6.61 Å². The Morgan fingerprint density at radius 3 is 1.75 bits per heavy atom. The molecule has 7 nitrogen and oxygen atoms in total. The second-order valence-electron chi connectivity index (χ2n) is 8.91. The summed E-state index contributed by atoms with van der Waals surface area (Å²) in [6.45, 7) is 1.36. The SMILES string of the molecule is CCCCCCCC/C=C/CCCCCCCC(=O)N(C)CC(O)C(O)C(O)C(O)CO. The van der Waals surface area contributed by atoms with Crippen molar-refractivity contribution in [2.24, 2.45) is 0 Å². The van der Waals surface area contributed by atoms with Gasteiger partial charge in [-0.3, -0.25) is 4.79 Å². The molecule has 0 saturated carbocycles. The first kappa shape index (κ1) is 31.0. The zero-order valence-electron chi connectivity index (χ0n) is 20.4. The van der Waals surface area contributed by atoms with Gasteiger partial charge in [0.1, 0.15) is 24.4 Å². The van der Waals surface area contributed by atoms with E-state index in [4.69, 9.17) is 5.11 Å². The zero-order chi connectivity index (χ0) is 24.2. The summed E-state index contributed by atoms with van der Waals surface area (Å²) in [5, 5.41) is 47.5. The van der Waals surface area contributed by atoms with Crippen LogP contribution in [0.25, 0.3) is 0 Å². The maximum atomic E-state index is 12.2. The number of aliphatic hydroxyl groups excluding tert-OH is 5. The summed E-state index contributed by atoms with van der Waals surface area (Å²) in [7, 11) is 1.53. The summed E-state index contributed by atoms with van der Waals surface area (Å²) in [5.74, 6) is -0.133. The first-order chi connectivity index (χ1) is 15.3. The van der Waals surface area contributed by atoms with Crippen LogP contribution in [0.5, 0.6) is 0 Å². The van der Waals surface area contributed by atoms with Gasteiger partial charge in [0.15, 0.2) is 0 Å². The van der Waals surface area contributed by atoms with E-state index in [-0.39, 0.29) is 12.5 Å². The highest BCUT2D eigenvalue weighted by atomic mass is 16.4. The van der Waals surface area contributed by atoms with Crippen LogP contribution in [-0.2, 0) is 4.79 Å². The lowest BCUT2D eigenvalue weighted by Crippen LogP contribution is -2.49. The number of unbranched alkanes of at least 4 members (excludes halogenated alkanes) is 11. The van der Waals surface area contributed by atoms with Crippen molar-refractivity contribution in [2.45, 2.75) is 121 Å². The molecule has 7 heteroatoms. The summed E-state index contributed by atoms with van der Waals surface area (Å²) in [6, 6.07) is 0. The normalized spacial score (nSPS) is 15.6. The predicted molar refractivity (Wildman–Crippen MR) is 128 cm³/mol. The maximum absolute atomic E-state index is 12.2. The molecule has 0 aromatic heterocycles. The van der Waals surface area contributed by atoms with Gasteiger partial charge in [-0.05, 0) is 32.1 Å². The lowest BCUT2D eigenvalue weighted by atomic mass is 10.0. The van der Waals surface area contributed by atoms with Gasteiger partial charge in [-0.25, -0.2) is 0 Å². The van der Waals surface area contributed by atoms with Crippen molar-refractivity contribution in [2.75, 3.05) is 20.2 Å². The van der Waals surface area contributed by atoms with Crippen LogP contribution in [0.1, 0.15) is 96.8 Å². The van der Waals surface area contributed by atoms with Crippen LogP contribution >= 0.6 is 0 Å². The lowest BCUT2D eigenvalue weighted by Gasteiger charge is -2.28. The van der Waals surface area contributed by atoms with Gasteiger partial charge in [0.2, 0.25) is 5.91 Å². The number of aliphatic hydroxyl groups is 5. The van der Waals surface area contributed by atoms with Crippen LogP contribution < -0.4 is 0 Å². The van der Waals surface area contributed by atoms with E-state index in [1.807, 2.05) is 0 Å². The van der Waals surface area contributed by atoms with Crippen LogP contribution in [-0.4, -0.2) is 81.0 Å². The molecule has 32 heavy (non-hydrogen) atoms. The van der Waals surface area contributed by atoms with E-state index < -0.39 is 31.0 Å². The molecule has 190 valence electrons. The number of hydrogen-bond acceptors (Lipinski definition) is 6. The highest BCUT2D eigenvalue weighted by Crippen LogP contribution is 2.11. The van der Waals surface area contributed by atoms with E-state index in [9.17, 15) is 25.2 Å². The van der Waals surface area contributed by atoms with Gasteiger partial charge in [0.25, 0.3) is 0 Å². The molecule has 0 aromatic rings. The van der Waals surface area contributed by atoms with Gasteiger partial charge < -0.3 is 30.4 Å². The maximum Gasteiger partial charge on any atom is 0.222 e. The second-order valence-corrected chi connectivity index (χ2v) is 8.91. The largest absolute Gasteiger partial charge is 0.394 e. The fraction of sp³-hybridized carbons (Fsp3) is 0.880. The topological polar surface area (TPSA) is 121 Å². The molecule has 0 aliphatic carbocycles. The van der Waals surface area contributed by atoms with Crippen LogP contribution in [0, 0.1) is 0 Å². The second kappa shape index (κ2) is 20.6. The van der Waals surface area contributed by atoms with Crippen LogP contribution in [0.3, 0.4) is 0 Å².